The van der Waals surface area contributed by atoms with Gasteiger partial charge in [-0.05, 0) is 50.9 Å². The van der Waals surface area contributed by atoms with Gasteiger partial charge in [-0.2, -0.15) is 0 Å². The second-order valence-corrected chi connectivity index (χ2v) is 4.82. The van der Waals surface area contributed by atoms with Crippen LogP contribution in [0.4, 0.5) is 0 Å². The Kier molecular flexibility index (Phi) is 5.49. The predicted molar refractivity (Wildman–Crippen MR) is 73.8 cm³/mol. The molecule has 0 aliphatic heterocycles. The van der Waals surface area contributed by atoms with Crippen molar-refractivity contribution in [3.8, 4) is 5.75 Å². The Morgan fingerprint density at radius 1 is 1.29 bits per heavy atom. The molecule has 0 atom stereocenters. The number of benzene rings is 1. The Balaban J connectivity index is 2.66. The maximum absolute atomic E-state index is 5.34. The summed E-state index contributed by atoms with van der Waals surface area (Å²) in [5, 5.41) is 0. The second kappa shape index (κ2) is 6.65. The lowest BCUT2D eigenvalue weighted by Crippen LogP contribution is -2.28. The van der Waals surface area contributed by atoms with Gasteiger partial charge in [-0.25, -0.2) is 0 Å². The lowest BCUT2D eigenvalue weighted by Gasteiger charge is -2.21. The van der Waals surface area contributed by atoms with Crippen LogP contribution in [0, 0.1) is 0 Å². The van der Waals surface area contributed by atoms with E-state index in [4.69, 9.17) is 4.74 Å². The average Bonchev–Trinajstić information content (AvgIpc) is 2.35. The predicted octanol–water partition coefficient (Wildman–Crippen LogP) is 3.14. The third-order valence-electron chi connectivity index (χ3n) is 3.36. The van der Waals surface area contributed by atoms with Gasteiger partial charge in [-0.1, -0.05) is 19.1 Å². The summed E-state index contributed by atoms with van der Waals surface area (Å²) in [6.07, 6.45) is 2.13. The quantitative estimate of drug-likeness (QED) is 0.751. The lowest BCUT2D eigenvalue weighted by molar-refractivity contribution is 0.277. The molecule has 0 unspecified atom stereocenters. The number of likely N-dealkylation sites (N-methyl/N-ethyl adjacent to an activating group) is 1. The van der Waals surface area contributed by atoms with E-state index in [0.717, 1.165) is 25.1 Å². The fourth-order valence-corrected chi connectivity index (χ4v) is 1.83. The number of nitrogens with zero attached hydrogens (tertiary/aromatic N) is 1. The maximum Gasteiger partial charge on any atom is 0.122 e. The van der Waals surface area contributed by atoms with Gasteiger partial charge in [0, 0.05) is 12.6 Å². The molecule has 0 amide bonds. The number of methoxy groups -OCH3 is 1. The standard InChI is InChI=1S/C15H25NO/c1-6-14-11-13(7-8-15(14)17-5)9-10-16(4)12(2)3/h7-8,11-12H,6,9-10H2,1-5H3. The van der Waals surface area contributed by atoms with E-state index in [0.29, 0.717) is 6.04 Å². The summed E-state index contributed by atoms with van der Waals surface area (Å²) in [5.74, 6) is 1.01. The molecular weight excluding hydrogens is 210 g/mol. The Morgan fingerprint density at radius 3 is 2.53 bits per heavy atom. The highest BCUT2D eigenvalue weighted by atomic mass is 16.5. The minimum atomic E-state index is 0.610. The molecule has 0 aliphatic rings. The molecule has 0 fully saturated rings. The molecule has 1 aromatic rings. The molecule has 1 aromatic carbocycles. The third kappa shape index (κ3) is 4.04. The van der Waals surface area contributed by atoms with Crippen molar-refractivity contribution in [3.05, 3.63) is 29.3 Å². The van der Waals surface area contributed by atoms with Gasteiger partial charge >= 0.3 is 0 Å². The monoisotopic (exact) mass is 235 g/mol. The van der Waals surface area contributed by atoms with Crippen LogP contribution in [0.5, 0.6) is 5.75 Å². The Bertz CT molecular complexity index is 347. The van der Waals surface area contributed by atoms with E-state index in [2.05, 4.69) is 50.9 Å². The number of ether oxygens (including phenoxy) is 1. The summed E-state index contributed by atoms with van der Waals surface area (Å²) >= 11 is 0. The summed E-state index contributed by atoms with van der Waals surface area (Å²) in [7, 11) is 3.91. The highest BCUT2D eigenvalue weighted by Gasteiger charge is 2.05. The van der Waals surface area contributed by atoms with Crippen LogP contribution in [0.3, 0.4) is 0 Å². The van der Waals surface area contributed by atoms with Crippen molar-refractivity contribution in [2.45, 2.75) is 39.7 Å². The Morgan fingerprint density at radius 2 is 2.00 bits per heavy atom. The van der Waals surface area contributed by atoms with Crippen molar-refractivity contribution in [1.82, 2.24) is 4.90 Å². The number of aryl methyl sites for hydroxylation is 1. The Hall–Kier alpha value is -1.02. The van der Waals surface area contributed by atoms with E-state index >= 15 is 0 Å². The van der Waals surface area contributed by atoms with Gasteiger partial charge in [0.25, 0.3) is 0 Å². The maximum atomic E-state index is 5.34. The molecular formula is C15H25NO. The normalized spacial score (nSPS) is 11.2. The zero-order chi connectivity index (χ0) is 12.8. The van der Waals surface area contributed by atoms with Crippen LogP contribution in [0.1, 0.15) is 31.9 Å². The fraction of sp³-hybridized carbons (Fsp3) is 0.600. The van der Waals surface area contributed by atoms with Crippen molar-refractivity contribution in [3.63, 3.8) is 0 Å². The summed E-state index contributed by atoms with van der Waals surface area (Å²) in [6, 6.07) is 7.14. The molecule has 0 spiro atoms. The van der Waals surface area contributed by atoms with Crippen molar-refractivity contribution in [2.75, 3.05) is 20.7 Å². The number of rotatable bonds is 6. The van der Waals surface area contributed by atoms with E-state index in [9.17, 15) is 0 Å². The smallest absolute Gasteiger partial charge is 0.122 e. The molecule has 1 rings (SSSR count). The first kappa shape index (κ1) is 14.0. The van der Waals surface area contributed by atoms with Crippen LogP contribution in [-0.2, 0) is 12.8 Å². The third-order valence-corrected chi connectivity index (χ3v) is 3.36. The minimum absolute atomic E-state index is 0.610. The highest BCUT2D eigenvalue weighted by Crippen LogP contribution is 2.20. The van der Waals surface area contributed by atoms with E-state index < -0.39 is 0 Å². The van der Waals surface area contributed by atoms with E-state index in [1.54, 1.807) is 7.11 Å². The number of hydrogen-bond donors (Lipinski definition) is 0. The van der Waals surface area contributed by atoms with Crippen molar-refractivity contribution in [2.24, 2.45) is 0 Å². The molecule has 0 saturated carbocycles. The molecule has 0 radical (unpaired) electrons. The van der Waals surface area contributed by atoms with Crippen molar-refractivity contribution in [1.29, 1.82) is 0 Å². The SMILES string of the molecule is CCc1cc(CCN(C)C(C)C)ccc1OC. The van der Waals surface area contributed by atoms with Crippen LogP contribution in [0.2, 0.25) is 0 Å². The summed E-state index contributed by atoms with van der Waals surface area (Å²) in [5.41, 5.74) is 2.70. The largest absolute Gasteiger partial charge is 0.496 e. The topological polar surface area (TPSA) is 12.5 Å². The van der Waals surface area contributed by atoms with Crippen LogP contribution < -0.4 is 4.74 Å². The first-order valence-corrected chi connectivity index (χ1v) is 6.44. The van der Waals surface area contributed by atoms with Gasteiger partial charge in [-0.3, -0.25) is 0 Å². The van der Waals surface area contributed by atoms with Gasteiger partial charge in [0.05, 0.1) is 7.11 Å². The van der Waals surface area contributed by atoms with Crippen LogP contribution in [0.15, 0.2) is 18.2 Å². The van der Waals surface area contributed by atoms with Crippen LogP contribution in [-0.4, -0.2) is 31.6 Å². The van der Waals surface area contributed by atoms with Gasteiger partial charge in [0.15, 0.2) is 0 Å². The Labute approximate surface area is 106 Å². The molecule has 0 aliphatic carbocycles. The van der Waals surface area contributed by atoms with Gasteiger partial charge in [-0.15, -0.1) is 0 Å². The van der Waals surface area contributed by atoms with Crippen LogP contribution >= 0.6 is 0 Å². The molecule has 0 saturated heterocycles. The molecule has 0 bridgehead atoms. The molecule has 17 heavy (non-hydrogen) atoms. The highest BCUT2D eigenvalue weighted by molar-refractivity contribution is 5.37. The lowest BCUT2D eigenvalue weighted by atomic mass is 10.0. The van der Waals surface area contributed by atoms with Crippen LogP contribution in [0.25, 0.3) is 0 Å². The first-order chi connectivity index (χ1) is 8.08. The molecule has 0 N–H and O–H groups in total. The average molecular weight is 235 g/mol. The second-order valence-electron chi connectivity index (χ2n) is 4.82. The van der Waals surface area contributed by atoms with Crippen molar-refractivity contribution >= 4 is 0 Å². The zero-order valence-electron chi connectivity index (χ0n) is 11.8. The summed E-state index contributed by atoms with van der Waals surface area (Å²) in [4.78, 5) is 2.37. The minimum Gasteiger partial charge on any atom is -0.496 e. The molecule has 0 heterocycles. The fourth-order valence-electron chi connectivity index (χ4n) is 1.83. The molecule has 96 valence electrons. The molecule has 2 nitrogen and oxygen atoms in total. The molecule has 0 aromatic heterocycles. The van der Waals surface area contributed by atoms with Gasteiger partial charge in [0.2, 0.25) is 0 Å². The zero-order valence-corrected chi connectivity index (χ0v) is 11.8. The van der Waals surface area contributed by atoms with Gasteiger partial charge < -0.3 is 9.64 Å². The summed E-state index contributed by atoms with van der Waals surface area (Å²) < 4.78 is 5.34. The summed E-state index contributed by atoms with van der Waals surface area (Å²) in [6.45, 7) is 7.73. The number of hydrogen-bond acceptors (Lipinski definition) is 2. The van der Waals surface area contributed by atoms with E-state index in [1.165, 1.54) is 11.1 Å². The van der Waals surface area contributed by atoms with E-state index in [1.807, 2.05) is 0 Å². The molecule has 2 heteroatoms. The van der Waals surface area contributed by atoms with Crippen molar-refractivity contribution < 1.29 is 4.74 Å². The van der Waals surface area contributed by atoms with E-state index in [-0.39, 0.29) is 0 Å². The first-order valence-electron chi connectivity index (χ1n) is 6.44. The van der Waals surface area contributed by atoms with Gasteiger partial charge in [0.1, 0.15) is 5.75 Å².